The molecule has 7 heteroatoms. The average molecular weight is 346 g/mol. The molecule has 0 radical (unpaired) electrons. The predicted octanol–water partition coefficient (Wildman–Crippen LogP) is 3.71. The third-order valence-corrected chi connectivity index (χ3v) is 5.09. The van der Waals surface area contributed by atoms with Gasteiger partial charge in [0.05, 0.1) is 4.90 Å². The van der Waals surface area contributed by atoms with Crippen molar-refractivity contribution in [3.05, 3.63) is 72.0 Å². The van der Waals surface area contributed by atoms with Crippen LogP contribution in [0.25, 0.3) is 0 Å². The lowest BCUT2D eigenvalue weighted by Crippen LogP contribution is -2.07. The quantitative estimate of drug-likeness (QED) is 0.730. The van der Waals surface area contributed by atoms with E-state index in [-0.39, 0.29) is 20.8 Å². The van der Waals surface area contributed by atoms with Crippen molar-refractivity contribution < 1.29 is 8.42 Å². The van der Waals surface area contributed by atoms with Gasteiger partial charge in [-0.05, 0) is 36.4 Å². The number of anilines is 2. The topological polar surface area (TPSA) is 72.0 Å². The first-order chi connectivity index (χ1) is 11.1. The van der Waals surface area contributed by atoms with Crippen LogP contribution in [-0.4, -0.2) is 18.4 Å². The summed E-state index contributed by atoms with van der Waals surface area (Å²) in [7, 11) is -3.72. The van der Waals surface area contributed by atoms with Crippen LogP contribution in [-0.2, 0) is 9.84 Å². The van der Waals surface area contributed by atoms with E-state index in [1.54, 1.807) is 42.6 Å². The maximum Gasteiger partial charge on any atom is 0.210 e. The summed E-state index contributed by atoms with van der Waals surface area (Å²) in [6.45, 7) is 0. The number of benzene rings is 1. The molecule has 0 saturated heterocycles. The van der Waals surface area contributed by atoms with Crippen LogP contribution in [0.4, 0.5) is 11.6 Å². The second kappa shape index (κ2) is 6.36. The van der Waals surface area contributed by atoms with Crippen molar-refractivity contribution in [3.63, 3.8) is 0 Å². The molecule has 0 aliphatic heterocycles. The van der Waals surface area contributed by atoms with E-state index < -0.39 is 9.84 Å². The van der Waals surface area contributed by atoms with Crippen molar-refractivity contribution in [1.82, 2.24) is 9.97 Å². The Morgan fingerprint density at radius 3 is 2.35 bits per heavy atom. The van der Waals surface area contributed by atoms with Crippen LogP contribution in [0.2, 0.25) is 5.15 Å². The molecule has 5 nitrogen and oxygen atoms in total. The maximum atomic E-state index is 12.8. The third kappa shape index (κ3) is 3.33. The van der Waals surface area contributed by atoms with Gasteiger partial charge < -0.3 is 5.32 Å². The molecule has 0 bridgehead atoms. The van der Waals surface area contributed by atoms with Gasteiger partial charge in [-0.1, -0.05) is 35.9 Å². The molecule has 0 saturated carbocycles. The first-order valence-electron chi connectivity index (χ1n) is 6.72. The predicted molar refractivity (Wildman–Crippen MR) is 88.7 cm³/mol. The van der Waals surface area contributed by atoms with Gasteiger partial charge in [0.1, 0.15) is 15.9 Å². The number of nitrogens with one attached hydrogen (secondary N) is 1. The van der Waals surface area contributed by atoms with Gasteiger partial charge in [0, 0.05) is 6.20 Å². The minimum absolute atomic E-state index is 0.0405. The summed E-state index contributed by atoms with van der Waals surface area (Å²) in [5.74, 6) is 0.617. The van der Waals surface area contributed by atoms with Crippen molar-refractivity contribution in [2.75, 3.05) is 5.32 Å². The van der Waals surface area contributed by atoms with E-state index in [9.17, 15) is 8.42 Å². The van der Waals surface area contributed by atoms with E-state index in [1.165, 1.54) is 24.3 Å². The summed E-state index contributed by atoms with van der Waals surface area (Å²) in [5.41, 5.74) is 0. The van der Waals surface area contributed by atoms with Crippen LogP contribution in [0.3, 0.4) is 0 Å². The van der Waals surface area contributed by atoms with Crippen LogP contribution >= 0.6 is 11.6 Å². The standard InChI is InChI=1S/C16H12ClN3O2S/c17-14-10-9-13(23(21,22)12-6-2-1-3-7-12)16(19-14)20-15-8-4-5-11-18-15/h1-11H,(H,18,19,20). The molecule has 3 aromatic rings. The van der Waals surface area contributed by atoms with E-state index in [1.807, 2.05) is 0 Å². The fraction of sp³-hybridized carbons (Fsp3) is 0. The molecule has 0 fully saturated rings. The number of aromatic nitrogens is 2. The Bertz CT molecular complexity index is 917. The molecule has 23 heavy (non-hydrogen) atoms. The molecule has 1 aromatic carbocycles. The monoisotopic (exact) mass is 345 g/mol. The Balaban J connectivity index is 2.10. The van der Waals surface area contributed by atoms with Crippen LogP contribution in [0, 0.1) is 0 Å². The van der Waals surface area contributed by atoms with Gasteiger partial charge in [-0.3, -0.25) is 0 Å². The van der Waals surface area contributed by atoms with E-state index in [4.69, 9.17) is 11.6 Å². The summed E-state index contributed by atoms with van der Waals surface area (Å²) < 4.78 is 25.6. The molecule has 0 aliphatic carbocycles. The fourth-order valence-corrected chi connectivity index (χ4v) is 3.53. The van der Waals surface area contributed by atoms with Crippen molar-refractivity contribution >= 4 is 33.1 Å². The van der Waals surface area contributed by atoms with E-state index in [2.05, 4.69) is 15.3 Å². The van der Waals surface area contributed by atoms with E-state index in [0.717, 1.165) is 0 Å². The second-order valence-electron chi connectivity index (χ2n) is 4.64. The maximum absolute atomic E-state index is 12.8. The highest BCUT2D eigenvalue weighted by atomic mass is 35.5. The third-order valence-electron chi connectivity index (χ3n) is 3.08. The van der Waals surface area contributed by atoms with Crippen LogP contribution in [0.5, 0.6) is 0 Å². The lowest BCUT2D eigenvalue weighted by Gasteiger charge is -2.11. The number of nitrogens with zero attached hydrogens (tertiary/aromatic N) is 2. The number of halogens is 1. The van der Waals surface area contributed by atoms with Crippen molar-refractivity contribution in [3.8, 4) is 0 Å². The zero-order valence-electron chi connectivity index (χ0n) is 11.8. The fourth-order valence-electron chi connectivity index (χ4n) is 2.01. The minimum atomic E-state index is -3.72. The van der Waals surface area contributed by atoms with Gasteiger partial charge in [-0.25, -0.2) is 18.4 Å². The number of hydrogen-bond acceptors (Lipinski definition) is 5. The zero-order chi connectivity index (χ0) is 16.3. The number of rotatable bonds is 4. The Hall–Kier alpha value is -2.44. The Morgan fingerprint density at radius 1 is 0.913 bits per heavy atom. The molecule has 116 valence electrons. The van der Waals surface area contributed by atoms with Crippen LogP contribution in [0.1, 0.15) is 0 Å². The molecule has 0 atom stereocenters. The Morgan fingerprint density at radius 2 is 1.65 bits per heavy atom. The van der Waals surface area contributed by atoms with Crippen molar-refractivity contribution in [2.45, 2.75) is 9.79 Å². The molecule has 2 heterocycles. The van der Waals surface area contributed by atoms with Gasteiger partial charge in [-0.15, -0.1) is 0 Å². The number of hydrogen-bond donors (Lipinski definition) is 1. The summed E-state index contributed by atoms with van der Waals surface area (Å²) in [5, 5.41) is 3.09. The number of sulfone groups is 1. The van der Waals surface area contributed by atoms with Crippen LogP contribution in [0.15, 0.2) is 76.7 Å². The average Bonchev–Trinajstić information content (AvgIpc) is 2.56. The van der Waals surface area contributed by atoms with Crippen molar-refractivity contribution in [1.29, 1.82) is 0 Å². The van der Waals surface area contributed by atoms with E-state index >= 15 is 0 Å². The second-order valence-corrected chi connectivity index (χ2v) is 6.94. The highest BCUT2D eigenvalue weighted by molar-refractivity contribution is 7.91. The highest BCUT2D eigenvalue weighted by Crippen LogP contribution is 2.29. The molecule has 2 aromatic heterocycles. The largest absolute Gasteiger partial charge is 0.324 e. The highest BCUT2D eigenvalue weighted by Gasteiger charge is 2.22. The molecule has 0 aliphatic rings. The SMILES string of the molecule is O=S(=O)(c1ccccc1)c1ccc(Cl)nc1Nc1ccccn1. The Kier molecular flexibility index (Phi) is 4.27. The molecular formula is C16H12ClN3O2S. The zero-order valence-corrected chi connectivity index (χ0v) is 13.4. The summed E-state index contributed by atoms with van der Waals surface area (Å²) in [6, 6.07) is 16.3. The van der Waals surface area contributed by atoms with Gasteiger partial charge in [-0.2, -0.15) is 0 Å². The number of pyridine rings is 2. The molecule has 0 spiro atoms. The molecule has 1 N–H and O–H groups in total. The normalized spacial score (nSPS) is 11.2. The minimum Gasteiger partial charge on any atom is -0.324 e. The van der Waals surface area contributed by atoms with Gasteiger partial charge >= 0.3 is 0 Å². The summed E-state index contributed by atoms with van der Waals surface area (Å²) in [4.78, 5) is 8.43. The lowest BCUT2D eigenvalue weighted by atomic mass is 10.4. The summed E-state index contributed by atoms with van der Waals surface area (Å²) in [6.07, 6.45) is 1.60. The molecule has 0 amide bonds. The smallest absolute Gasteiger partial charge is 0.210 e. The molecular weight excluding hydrogens is 334 g/mol. The van der Waals surface area contributed by atoms with Crippen molar-refractivity contribution in [2.24, 2.45) is 0 Å². The molecule has 3 rings (SSSR count). The van der Waals surface area contributed by atoms with Gasteiger partial charge in [0.2, 0.25) is 9.84 Å². The van der Waals surface area contributed by atoms with Gasteiger partial charge in [0.15, 0.2) is 5.82 Å². The molecule has 0 unspecified atom stereocenters. The first-order valence-corrected chi connectivity index (χ1v) is 8.58. The Labute approximate surface area is 138 Å². The summed E-state index contributed by atoms with van der Waals surface area (Å²) >= 11 is 5.91. The van der Waals surface area contributed by atoms with Gasteiger partial charge in [0.25, 0.3) is 0 Å². The first kappa shape index (κ1) is 15.5. The van der Waals surface area contributed by atoms with E-state index in [0.29, 0.717) is 5.82 Å². The lowest BCUT2D eigenvalue weighted by molar-refractivity contribution is 0.596. The van der Waals surface area contributed by atoms with Crippen LogP contribution < -0.4 is 5.32 Å².